The average Bonchev–Trinajstić information content (AvgIpc) is 2.56. The number of aliphatic hydroxyl groups excluding tert-OH is 1. The van der Waals surface area contributed by atoms with Crippen LogP contribution in [0.4, 0.5) is 5.69 Å². The Morgan fingerprint density at radius 3 is 2.38 bits per heavy atom. The average molecular weight is 283 g/mol. The third-order valence-electron chi connectivity index (χ3n) is 3.22. The van der Waals surface area contributed by atoms with Crippen molar-refractivity contribution in [3.63, 3.8) is 0 Å². The molecule has 0 heterocycles. The van der Waals surface area contributed by atoms with Gasteiger partial charge in [0.2, 0.25) is 0 Å². The highest BCUT2D eigenvalue weighted by atomic mass is 16.5. The zero-order chi connectivity index (χ0) is 15.2. The molecule has 0 aliphatic heterocycles. The summed E-state index contributed by atoms with van der Waals surface area (Å²) < 4.78 is 4.65. The van der Waals surface area contributed by atoms with E-state index in [4.69, 9.17) is 0 Å². The zero-order valence-corrected chi connectivity index (χ0v) is 12.0. The zero-order valence-electron chi connectivity index (χ0n) is 12.0. The van der Waals surface area contributed by atoms with E-state index in [9.17, 15) is 9.90 Å². The van der Waals surface area contributed by atoms with Gasteiger partial charge in [-0.25, -0.2) is 4.79 Å². The van der Waals surface area contributed by atoms with Gasteiger partial charge in [0, 0.05) is 12.7 Å². The Labute approximate surface area is 123 Å². The first-order valence-corrected chi connectivity index (χ1v) is 6.49. The maximum Gasteiger partial charge on any atom is 0.357 e. The largest absolute Gasteiger partial charge is 0.513 e. The summed E-state index contributed by atoms with van der Waals surface area (Å²) in [5.74, 6) is -0.592. The Morgan fingerprint density at radius 2 is 1.76 bits per heavy atom. The van der Waals surface area contributed by atoms with E-state index in [0.29, 0.717) is 0 Å². The van der Waals surface area contributed by atoms with Crippen molar-refractivity contribution in [1.82, 2.24) is 0 Å². The molecule has 0 saturated heterocycles. The van der Waals surface area contributed by atoms with Gasteiger partial charge in [-0.3, -0.25) is 0 Å². The van der Waals surface area contributed by atoms with Gasteiger partial charge in [-0.05, 0) is 23.3 Å². The van der Waals surface area contributed by atoms with E-state index in [1.165, 1.54) is 7.11 Å². The molecule has 2 rings (SSSR count). The normalized spacial score (nSPS) is 11.0. The van der Waals surface area contributed by atoms with Crippen LogP contribution in [-0.2, 0) is 9.53 Å². The van der Waals surface area contributed by atoms with Gasteiger partial charge < -0.3 is 14.7 Å². The molecule has 0 spiro atoms. The summed E-state index contributed by atoms with van der Waals surface area (Å²) >= 11 is 0. The Morgan fingerprint density at radius 1 is 1.10 bits per heavy atom. The van der Waals surface area contributed by atoms with Gasteiger partial charge in [0.1, 0.15) is 6.26 Å². The van der Waals surface area contributed by atoms with Crippen LogP contribution in [0.25, 0.3) is 11.1 Å². The van der Waals surface area contributed by atoms with Crippen LogP contribution < -0.4 is 4.90 Å². The Balaban J connectivity index is 2.35. The molecular weight excluding hydrogens is 266 g/mol. The highest BCUT2D eigenvalue weighted by Gasteiger charge is 2.16. The lowest BCUT2D eigenvalue weighted by atomic mass is 10.0. The minimum absolute atomic E-state index is 0.0720. The molecule has 0 bridgehead atoms. The van der Waals surface area contributed by atoms with Crippen molar-refractivity contribution in [2.45, 2.75) is 0 Å². The van der Waals surface area contributed by atoms with Gasteiger partial charge in [0.25, 0.3) is 0 Å². The third-order valence-corrected chi connectivity index (χ3v) is 3.22. The number of hydrogen-bond acceptors (Lipinski definition) is 4. The quantitative estimate of drug-likeness (QED) is 0.531. The van der Waals surface area contributed by atoms with Crippen molar-refractivity contribution >= 4 is 11.7 Å². The molecule has 0 aliphatic rings. The number of methoxy groups -OCH3 is 1. The SMILES string of the molecule is COC(=O)C(=CO)N(C)c1cccc(-c2ccccc2)c1. The molecule has 21 heavy (non-hydrogen) atoms. The number of ether oxygens (including phenoxy) is 1. The molecule has 108 valence electrons. The van der Waals surface area contributed by atoms with Crippen molar-refractivity contribution in [3.8, 4) is 11.1 Å². The summed E-state index contributed by atoms with van der Waals surface area (Å²) in [7, 11) is 2.98. The smallest absolute Gasteiger partial charge is 0.357 e. The first kappa shape index (κ1) is 14.7. The summed E-state index contributed by atoms with van der Waals surface area (Å²) in [6.45, 7) is 0. The fourth-order valence-corrected chi connectivity index (χ4v) is 2.04. The molecule has 0 amide bonds. The second-order valence-electron chi connectivity index (χ2n) is 4.48. The molecule has 0 saturated carbocycles. The predicted molar refractivity (Wildman–Crippen MR) is 83.0 cm³/mol. The molecule has 0 fully saturated rings. The molecule has 0 aliphatic carbocycles. The number of benzene rings is 2. The van der Waals surface area contributed by atoms with Gasteiger partial charge in [-0.15, -0.1) is 0 Å². The lowest BCUT2D eigenvalue weighted by Crippen LogP contribution is -2.24. The number of carbonyl (C=O) groups is 1. The van der Waals surface area contributed by atoms with E-state index in [1.807, 2.05) is 54.6 Å². The fourth-order valence-electron chi connectivity index (χ4n) is 2.04. The van der Waals surface area contributed by atoms with Crippen molar-refractivity contribution < 1.29 is 14.6 Å². The van der Waals surface area contributed by atoms with Crippen molar-refractivity contribution in [1.29, 1.82) is 0 Å². The van der Waals surface area contributed by atoms with Crippen LogP contribution in [0.3, 0.4) is 0 Å². The molecule has 2 aromatic carbocycles. The fraction of sp³-hybridized carbons (Fsp3) is 0.118. The molecule has 0 unspecified atom stereocenters. The van der Waals surface area contributed by atoms with Crippen LogP contribution in [0.1, 0.15) is 0 Å². The molecule has 0 atom stereocenters. The second kappa shape index (κ2) is 6.61. The number of nitrogens with zero attached hydrogens (tertiary/aromatic N) is 1. The Hall–Kier alpha value is -2.75. The number of likely N-dealkylation sites (N-methyl/N-ethyl adjacent to an activating group) is 1. The summed E-state index contributed by atoms with van der Waals surface area (Å²) in [4.78, 5) is 13.2. The molecule has 1 N–H and O–H groups in total. The summed E-state index contributed by atoms with van der Waals surface area (Å²) in [6, 6.07) is 17.6. The summed E-state index contributed by atoms with van der Waals surface area (Å²) in [6.07, 6.45) is 0.751. The maximum atomic E-state index is 11.6. The highest BCUT2D eigenvalue weighted by molar-refractivity contribution is 5.92. The highest BCUT2D eigenvalue weighted by Crippen LogP contribution is 2.25. The molecular formula is C17H17NO3. The van der Waals surface area contributed by atoms with Crippen LogP contribution in [0.5, 0.6) is 0 Å². The summed E-state index contributed by atoms with van der Waals surface area (Å²) in [5.41, 5.74) is 2.97. The Kier molecular flexibility index (Phi) is 4.61. The number of aliphatic hydroxyl groups is 1. The maximum absolute atomic E-state index is 11.6. The number of esters is 1. The van der Waals surface area contributed by atoms with Crippen LogP contribution >= 0.6 is 0 Å². The van der Waals surface area contributed by atoms with Crippen LogP contribution in [0.15, 0.2) is 66.6 Å². The molecule has 2 aromatic rings. The third kappa shape index (κ3) is 3.23. The van der Waals surface area contributed by atoms with E-state index in [1.54, 1.807) is 11.9 Å². The van der Waals surface area contributed by atoms with Crippen LogP contribution in [0.2, 0.25) is 0 Å². The molecule has 0 aromatic heterocycles. The first-order chi connectivity index (χ1) is 10.2. The lowest BCUT2D eigenvalue weighted by molar-refractivity contribution is -0.136. The van der Waals surface area contributed by atoms with E-state index >= 15 is 0 Å². The predicted octanol–water partition coefficient (Wildman–Crippen LogP) is 3.36. The number of anilines is 1. The van der Waals surface area contributed by atoms with Crippen LogP contribution in [0, 0.1) is 0 Å². The van der Waals surface area contributed by atoms with E-state index in [2.05, 4.69) is 4.74 Å². The second-order valence-corrected chi connectivity index (χ2v) is 4.48. The van der Waals surface area contributed by atoms with E-state index in [0.717, 1.165) is 23.1 Å². The number of rotatable bonds is 4. The van der Waals surface area contributed by atoms with Gasteiger partial charge in [-0.2, -0.15) is 0 Å². The van der Waals surface area contributed by atoms with Gasteiger partial charge >= 0.3 is 5.97 Å². The summed E-state index contributed by atoms with van der Waals surface area (Å²) in [5, 5.41) is 9.24. The van der Waals surface area contributed by atoms with Crippen LogP contribution in [-0.4, -0.2) is 25.2 Å². The van der Waals surface area contributed by atoms with E-state index < -0.39 is 5.97 Å². The van der Waals surface area contributed by atoms with Crippen molar-refractivity contribution in [3.05, 3.63) is 66.6 Å². The minimum Gasteiger partial charge on any atom is -0.513 e. The van der Waals surface area contributed by atoms with Gasteiger partial charge in [-0.1, -0.05) is 42.5 Å². The number of hydrogen-bond donors (Lipinski definition) is 1. The monoisotopic (exact) mass is 283 g/mol. The number of carbonyl (C=O) groups excluding carboxylic acids is 1. The van der Waals surface area contributed by atoms with E-state index in [-0.39, 0.29) is 5.70 Å². The van der Waals surface area contributed by atoms with Gasteiger partial charge in [0.05, 0.1) is 7.11 Å². The minimum atomic E-state index is -0.592. The molecule has 4 heteroatoms. The van der Waals surface area contributed by atoms with Crippen molar-refractivity contribution in [2.24, 2.45) is 0 Å². The standard InChI is InChI=1S/C17H17NO3/c1-18(16(12-19)17(20)21-2)15-10-6-9-14(11-15)13-7-4-3-5-8-13/h3-12,19H,1-2H3. The topological polar surface area (TPSA) is 49.8 Å². The molecule has 4 nitrogen and oxygen atoms in total. The van der Waals surface area contributed by atoms with Crippen molar-refractivity contribution in [2.75, 3.05) is 19.1 Å². The lowest BCUT2D eigenvalue weighted by Gasteiger charge is -2.20. The molecule has 0 radical (unpaired) electrons. The Bertz CT molecular complexity index is 650. The first-order valence-electron chi connectivity index (χ1n) is 6.49. The van der Waals surface area contributed by atoms with Gasteiger partial charge in [0.15, 0.2) is 5.70 Å².